The monoisotopic (exact) mass is 360 g/mol. The first-order valence-corrected chi connectivity index (χ1v) is 8.05. The van der Waals surface area contributed by atoms with Gasteiger partial charge < -0.3 is 11.1 Å². The lowest BCUT2D eigenvalue weighted by Gasteiger charge is -2.27. The van der Waals surface area contributed by atoms with Gasteiger partial charge in [-0.25, -0.2) is 0 Å². The molecule has 3 nitrogen and oxygen atoms in total. The summed E-state index contributed by atoms with van der Waals surface area (Å²) in [5, 5.41) is 3.06. The predicted octanol–water partition coefficient (Wildman–Crippen LogP) is 3.89. The van der Waals surface area contributed by atoms with E-state index in [4.69, 9.17) is 5.73 Å². The fourth-order valence-electron chi connectivity index (χ4n) is 2.36. The predicted molar refractivity (Wildman–Crippen MR) is 93.3 cm³/mol. The highest BCUT2D eigenvalue weighted by Gasteiger charge is 2.23. The van der Waals surface area contributed by atoms with E-state index < -0.39 is 5.54 Å². The van der Waals surface area contributed by atoms with Crippen molar-refractivity contribution in [2.45, 2.75) is 31.8 Å². The molecule has 2 aromatic carbocycles. The van der Waals surface area contributed by atoms with Gasteiger partial charge in [-0.1, -0.05) is 58.4 Å². The molecule has 2 rings (SSSR count). The molecule has 1 atom stereocenters. The van der Waals surface area contributed by atoms with E-state index in [1.165, 1.54) is 0 Å². The summed E-state index contributed by atoms with van der Waals surface area (Å²) in [4.78, 5) is 12.3. The molecule has 116 valence electrons. The summed E-state index contributed by atoms with van der Waals surface area (Å²) in [7, 11) is 0. The van der Waals surface area contributed by atoms with E-state index in [2.05, 4.69) is 21.2 Å². The molecule has 0 bridgehead atoms. The highest BCUT2D eigenvalue weighted by molar-refractivity contribution is 9.10. The number of nitrogens with one attached hydrogen (secondary N) is 1. The molecule has 0 aliphatic heterocycles. The minimum atomic E-state index is -0.436. The molecule has 4 heteroatoms. The number of rotatable bonds is 5. The van der Waals surface area contributed by atoms with Crippen LogP contribution >= 0.6 is 15.9 Å². The highest BCUT2D eigenvalue weighted by atomic mass is 79.9. The van der Waals surface area contributed by atoms with Gasteiger partial charge in [-0.15, -0.1) is 0 Å². The van der Waals surface area contributed by atoms with Gasteiger partial charge >= 0.3 is 0 Å². The second kappa shape index (κ2) is 7.07. The molecule has 0 spiro atoms. The molecule has 0 saturated carbocycles. The highest BCUT2D eigenvalue weighted by Crippen LogP contribution is 2.23. The molecule has 1 unspecified atom stereocenters. The number of carbonyl (C=O) groups excluding carboxylic acids is 1. The third kappa shape index (κ3) is 4.42. The van der Waals surface area contributed by atoms with Crippen molar-refractivity contribution in [1.82, 2.24) is 5.32 Å². The zero-order chi connectivity index (χ0) is 16.2. The molecule has 1 amide bonds. The van der Waals surface area contributed by atoms with Crippen molar-refractivity contribution in [3.63, 3.8) is 0 Å². The van der Waals surface area contributed by atoms with Crippen LogP contribution < -0.4 is 11.1 Å². The summed E-state index contributed by atoms with van der Waals surface area (Å²) >= 11 is 3.42. The Morgan fingerprint density at radius 2 is 1.73 bits per heavy atom. The summed E-state index contributed by atoms with van der Waals surface area (Å²) in [5.41, 5.74) is 7.69. The smallest absolute Gasteiger partial charge is 0.222 e. The van der Waals surface area contributed by atoms with Crippen LogP contribution in [0.2, 0.25) is 0 Å². The molecule has 0 saturated heterocycles. The SMILES string of the molecule is CC(C)(NC(=O)CC(N)c1ccccc1)c1ccc(Br)cc1. The lowest BCUT2D eigenvalue weighted by atomic mass is 9.93. The standard InChI is InChI=1S/C18H21BrN2O/c1-18(2,14-8-10-15(19)11-9-14)21-17(22)12-16(20)13-6-4-3-5-7-13/h3-11,16H,12,20H2,1-2H3,(H,21,22). The quantitative estimate of drug-likeness (QED) is 0.849. The van der Waals surface area contributed by atoms with Crippen LogP contribution in [0.15, 0.2) is 59.1 Å². The molecule has 0 aliphatic rings. The summed E-state index contributed by atoms with van der Waals surface area (Å²) in [6, 6.07) is 17.3. The Kier molecular flexibility index (Phi) is 5.37. The molecule has 22 heavy (non-hydrogen) atoms. The van der Waals surface area contributed by atoms with Gasteiger partial charge in [0.25, 0.3) is 0 Å². The van der Waals surface area contributed by atoms with E-state index in [0.717, 1.165) is 15.6 Å². The van der Waals surface area contributed by atoms with Crippen LogP contribution in [0, 0.1) is 0 Å². The van der Waals surface area contributed by atoms with Gasteiger partial charge in [0.15, 0.2) is 0 Å². The Morgan fingerprint density at radius 3 is 2.32 bits per heavy atom. The maximum atomic E-state index is 12.3. The molecule has 3 N–H and O–H groups in total. The van der Waals surface area contributed by atoms with E-state index in [0.29, 0.717) is 0 Å². The van der Waals surface area contributed by atoms with Crippen LogP contribution in [0.25, 0.3) is 0 Å². The molecule has 2 aromatic rings. The van der Waals surface area contributed by atoms with Crippen molar-refractivity contribution < 1.29 is 4.79 Å². The Bertz CT molecular complexity index is 623. The second-order valence-electron chi connectivity index (χ2n) is 5.90. The van der Waals surface area contributed by atoms with Crippen LogP contribution in [0.4, 0.5) is 0 Å². The van der Waals surface area contributed by atoms with Crippen molar-refractivity contribution in [1.29, 1.82) is 0 Å². The van der Waals surface area contributed by atoms with E-state index >= 15 is 0 Å². The average Bonchev–Trinajstić information content (AvgIpc) is 2.48. The first-order chi connectivity index (χ1) is 10.4. The average molecular weight is 361 g/mol. The maximum absolute atomic E-state index is 12.3. The van der Waals surface area contributed by atoms with Gasteiger partial charge in [0.05, 0.1) is 5.54 Å². The zero-order valence-corrected chi connectivity index (χ0v) is 14.4. The second-order valence-corrected chi connectivity index (χ2v) is 6.82. The van der Waals surface area contributed by atoms with Gasteiger partial charge in [-0.3, -0.25) is 4.79 Å². The van der Waals surface area contributed by atoms with E-state index in [-0.39, 0.29) is 18.4 Å². The maximum Gasteiger partial charge on any atom is 0.222 e. The van der Waals surface area contributed by atoms with Gasteiger partial charge in [-0.05, 0) is 37.1 Å². The van der Waals surface area contributed by atoms with Crippen molar-refractivity contribution in [3.05, 3.63) is 70.2 Å². The van der Waals surface area contributed by atoms with Crippen LogP contribution in [0.5, 0.6) is 0 Å². The third-order valence-corrected chi connectivity index (χ3v) is 4.18. The molecular weight excluding hydrogens is 340 g/mol. The van der Waals surface area contributed by atoms with E-state index in [1.807, 2.05) is 68.4 Å². The molecule has 0 aliphatic carbocycles. The summed E-state index contributed by atoms with van der Waals surface area (Å²) in [5.74, 6) is -0.0516. The van der Waals surface area contributed by atoms with Crippen LogP contribution in [-0.4, -0.2) is 5.91 Å². The van der Waals surface area contributed by atoms with Crippen molar-refractivity contribution in [2.24, 2.45) is 5.73 Å². The number of amides is 1. The number of hydrogen-bond acceptors (Lipinski definition) is 2. The molecule has 0 heterocycles. The Labute approximate surface area is 140 Å². The van der Waals surface area contributed by atoms with Crippen molar-refractivity contribution >= 4 is 21.8 Å². The van der Waals surface area contributed by atoms with Crippen LogP contribution in [0.1, 0.15) is 37.4 Å². The Hall–Kier alpha value is -1.65. The minimum absolute atomic E-state index is 0.0516. The fourth-order valence-corrected chi connectivity index (χ4v) is 2.62. The molecule has 0 aromatic heterocycles. The van der Waals surface area contributed by atoms with Gasteiger partial charge in [0.2, 0.25) is 5.91 Å². The lowest BCUT2D eigenvalue weighted by molar-refractivity contribution is -0.123. The van der Waals surface area contributed by atoms with E-state index in [9.17, 15) is 4.79 Å². The number of benzene rings is 2. The summed E-state index contributed by atoms with van der Waals surface area (Å²) in [6.45, 7) is 3.98. The normalized spacial score (nSPS) is 12.7. The zero-order valence-electron chi connectivity index (χ0n) is 12.8. The largest absolute Gasteiger partial charge is 0.347 e. The van der Waals surface area contributed by atoms with Crippen LogP contribution in [-0.2, 0) is 10.3 Å². The number of nitrogens with two attached hydrogens (primary N) is 1. The topological polar surface area (TPSA) is 55.1 Å². The Morgan fingerprint density at radius 1 is 1.14 bits per heavy atom. The first kappa shape index (κ1) is 16.7. The van der Waals surface area contributed by atoms with E-state index in [1.54, 1.807) is 0 Å². The number of hydrogen-bond donors (Lipinski definition) is 2. The van der Waals surface area contributed by atoms with Gasteiger partial charge in [0, 0.05) is 16.9 Å². The van der Waals surface area contributed by atoms with Crippen molar-refractivity contribution in [3.8, 4) is 0 Å². The molecular formula is C18H21BrN2O. The minimum Gasteiger partial charge on any atom is -0.347 e. The van der Waals surface area contributed by atoms with Crippen LogP contribution in [0.3, 0.4) is 0 Å². The molecule has 0 fully saturated rings. The fraction of sp³-hybridized carbons (Fsp3) is 0.278. The Balaban J connectivity index is 2.00. The first-order valence-electron chi connectivity index (χ1n) is 7.26. The van der Waals surface area contributed by atoms with Gasteiger partial charge in [-0.2, -0.15) is 0 Å². The summed E-state index contributed by atoms with van der Waals surface area (Å²) < 4.78 is 1.02. The lowest BCUT2D eigenvalue weighted by Crippen LogP contribution is -2.42. The third-order valence-electron chi connectivity index (χ3n) is 3.65. The van der Waals surface area contributed by atoms with Gasteiger partial charge in [0.1, 0.15) is 0 Å². The summed E-state index contributed by atoms with van der Waals surface area (Å²) in [6.07, 6.45) is 0.268. The number of halogens is 1. The van der Waals surface area contributed by atoms with Crippen molar-refractivity contribution in [2.75, 3.05) is 0 Å². The molecule has 0 radical (unpaired) electrons. The number of carbonyl (C=O) groups is 1.